The number of hydrogen-bond acceptors (Lipinski definition) is 9. The smallest absolute Gasteiger partial charge is 0.263 e. The fraction of sp³-hybridized carbons (Fsp3) is 0.409. The molecule has 2 aliphatic carbocycles. The SMILES string of the molecule is N#Cc1c(N)nc(N)nc1NC(c1nc2cccc(Cl)c2c(=O)n1C1[C@H]2CNC[C@@H]12)C1CC1. The van der Waals surface area contributed by atoms with Gasteiger partial charge < -0.3 is 22.1 Å². The second-order valence-corrected chi connectivity index (χ2v) is 9.42. The Morgan fingerprint density at radius 2 is 1.97 bits per heavy atom. The zero-order valence-electron chi connectivity index (χ0n) is 17.6. The number of nitrogens with zero attached hydrogens (tertiary/aromatic N) is 5. The van der Waals surface area contributed by atoms with Gasteiger partial charge in [0.15, 0.2) is 5.82 Å². The highest BCUT2D eigenvalue weighted by molar-refractivity contribution is 6.35. The molecule has 0 spiro atoms. The van der Waals surface area contributed by atoms with Gasteiger partial charge in [-0.05, 0) is 42.7 Å². The monoisotopic (exact) mass is 463 g/mol. The molecular weight excluding hydrogens is 442 g/mol. The lowest BCUT2D eigenvalue weighted by Crippen LogP contribution is -2.32. The Morgan fingerprint density at radius 1 is 1.21 bits per heavy atom. The highest BCUT2D eigenvalue weighted by atomic mass is 35.5. The lowest BCUT2D eigenvalue weighted by molar-refractivity contribution is 0.496. The molecule has 11 heteroatoms. The summed E-state index contributed by atoms with van der Waals surface area (Å²) in [5.74, 6) is 1.90. The fourth-order valence-electron chi connectivity index (χ4n) is 5.18. The van der Waals surface area contributed by atoms with E-state index in [9.17, 15) is 10.1 Å². The normalized spacial score (nSPS) is 24.3. The van der Waals surface area contributed by atoms with E-state index in [2.05, 4.69) is 26.7 Å². The summed E-state index contributed by atoms with van der Waals surface area (Å²) in [7, 11) is 0. The Hall–Kier alpha value is -3.42. The summed E-state index contributed by atoms with van der Waals surface area (Å²) in [6.45, 7) is 1.75. The Bertz CT molecular complexity index is 1380. The molecule has 1 saturated heterocycles. The standard InChI is InChI=1S/C22H22ClN9O/c23-13-2-1-3-14-15(13)21(33)32(17-11-7-27-8-12(11)17)20(28-14)16(9-4-5-9)29-19-10(6-24)18(25)30-22(26)31-19/h1-3,9,11-12,16-17,27H,4-5,7-8H2,(H5,25,26,29,30,31)/t11-,12+,16?,17?. The third-order valence-electron chi connectivity index (χ3n) is 6.98. The van der Waals surface area contributed by atoms with Crippen molar-refractivity contribution >= 4 is 40.1 Å². The van der Waals surface area contributed by atoms with Crippen LogP contribution in [0, 0.1) is 29.1 Å². The summed E-state index contributed by atoms with van der Waals surface area (Å²) in [6.07, 6.45) is 1.94. The van der Waals surface area contributed by atoms with Crippen molar-refractivity contribution in [3.05, 3.63) is 45.0 Å². The Morgan fingerprint density at radius 3 is 2.67 bits per heavy atom. The van der Waals surface area contributed by atoms with Crippen molar-refractivity contribution in [3.63, 3.8) is 0 Å². The van der Waals surface area contributed by atoms with Crippen LogP contribution in [0.3, 0.4) is 0 Å². The Balaban J connectivity index is 1.54. The molecule has 3 heterocycles. The van der Waals surface area contributed by atoms with Gasteiger partial charge in [-0.1, -0.05) is 17.7 Å². The average molecular weight is 464 g/mol. The summed E-state index contributed by atoms with van der Waals surface area (Å²) >= 11 is 6.43. The molecular formula is C22H22ClN9O. The molecule has 0 bridgehead atoms. The quantitative estimate of drug-likeness (QED) is 0.442. The first-order valence-corrected chi connectivity index (χ1v) is 11.4. The number of piperidine rings is 1. The second-order valence-electron chi connectivity index (χ2n) is 9.02. The van der Waals surface area contributed by atoms with Crippen LogP contribution in [0.2, 0.25) is 5.02 Å². The van der Waals surface area contributed by atoms with Gasteiger partial charge in [0.2, 0.25) is 5.95 Å². The van der Waals surface area contributed by atoms with Crippen LogP contribution in [0.1, 0.15) is 36.3 Å². The Labute approximate surface area is 194 Å². The number of aromatic nitrogens is 4. The van der Waals surface area contributed by atoms with Crippen LogP contribution in [0.4, 0.5) is 17.6 Å². The lowest BCUT2D eigenvalue weighted by Gasteiger charge is -2.24. The molecule has 10 nitrogen and oxygen atoms in total. The molecule has 2 saturated carbocycles. The number of nitriles is 1. The molecule has 1 aromatic carbocycles. The largest absolute Gasteiger partial charge is 0.382 e. The summed E-state index contributed by atoms with van der Waals surface area (Å²) < 4.78 is 1.83. The van der Waals surface area contributed by atoms with E-state index in [0.717, 1.165) is 25.9 Å². The third-order valence-corrected chi connectivity index (χ3v) is 7.30. The number of nitrogen functional groups attached to an aromatic ring is 2. The van der Waals surface area contributed by atoms with Gasteiger partial charge in [-0.15, -0.1) is 0 Å². The van der Waals surface area contributed by atoms with Gasteiger partial charge in [0, 0.05) is 19.1 Å². The first kappa shape index (κ1) is 20.2. The molecule has 3 fully saturated rings. The maximum atomic E-state index is 13.8. The van der Waals surface area contributed by atoms with Crippen LogP contribution in [0.25, 0.3) is 10.9 Å². The molecule has 33 heavy (non-hydrogen) atoms. The van der Waals surface area contributed by atoms with Gasteiger partial charge in [0.05, 0.1) is 22.0 Å². The van der Waals surface area contributed by atoms with Crippen molar-refractivity contribution < 1.29 is 0 Å². The van der Waals surface area contributed by atoms with Crippen molar-refractivity contribution in [1.82, 2.24) is 24.8 Å². The molecule has 1 aliphatic heterocycles. The molecule has 0 amide bonds. The van der Waals surface area contributed by atoms with Crippen molar-refractivity contribution in [3.8, 4) is 6.07 Å². The highest BCUT2D eigenvalue weighted by Crippen LogP contribution is 2.54. The zero-order valence-corrected chi connectivity index (χ0v) is 18.4. The highest BCUT2D eigenvalue weighted by Gasteiger charge is 2.56. The number of hydrogen-bond donors (Lipinski definition) is 4. The van der Waals surface area contributed by atoms with Gasteiger partial charge in [-0.25, -0.2) is 4.98 Å². The first-order chi connectivity index (χ1) is 16.0. The fourth-order valence-corrected chi connectivity index (χ4v) is 5.43. The summed E-state index contributed by atoms with van der Waals surface area (Å²) in [6, 6.07) is 7.10. The van der Waals surface area contributed by atoms with Gasteiger partial charge >= 0.3 is 0 Å². The van der Waals surface area contributed by atoms with Crippen molar-refractivity contribution in [2.24, 2.45) is 17.8 Å². The van der Waals surface area contributed by atoms with Crippen LogP contribution >= 0.6 is 11.6 Å². The zero-order chi connectivity index (χ0) is 22.9. The number of halogens is 1. The van der Waals surface area contributed by atoms with Crippen LogP contribution < -0.4 is 27.7 Å². The van der Waals surface area contributed by atoms with E-state index < -0.39 is 0 Å². The molecule has 3 aliphatic rings. The average Bonchev–Trinajstić information content (AvgIpc) is 3.68. The Kier molecular flexibility index (Phi) is 4.47. The van der Waals surface area contributed by atoms with Gasteiger partial charge in [-0.3, -0.25) is 9.36 Å². The van der Waals surface area contributed by atoms with E-state index in [4.69, 9.17) is 28.1 Å². The van der Waals surface area contributed by atoms with Crippen LogP contribution in [-0.4, -0.2) is 32.6 Å². The lowest BCUT2D eigenvalue weighted by atomic mass is 10.1. The van der Waals surface area contributed by atoms with Gasteiger partial charge in [0.1, 0.15) is 23.3 Å². The molecule has 2 aromatic heterocycles. The van der Waals surface area contributed by atoms with Crippen LogP contribution in [-0.2, 0) is 0 Å². The summed E-state index contributed by atoms with van der Waals surface area (Å²) in [4.78, 5) is 26.9. The molecule has 6 rings (SSSR count). The van der Waals surface area contributed by atoms with Gasteiger partial charge in [0.25, 0.3) is 5.56 Å². The third kappa shape index (κ3) is 3.19. The van der Waals surface area contributed by atoms with Crippen LogP contribution in [0.5, 0.6) is 0 Å². The number of rotatable bonds is 5. The number of benzene rings is 1. The molecule has 168 valence electrons. The van der Waals surface area contributed by atoms with Crippen molar-refractivity contribution in [1.29, 1.82) is 5.26 Å². The molecule has 6 N–H and O–H groups in total. The minimum Gasteiger partial charge on any atom is -0.382 e. The van der Waals surface area contributed by atoms with Crippen molar-refractivity contribution in [2.75, 3.05) is 29.9 Å². The molecule has 2 unspecified atom stereocenters. The molecule has 0 radical (unpaired) electrons. The van der Waals surface area contributed by atoms with E-state index in [1.54, 1.807) is 18.2 Å². The second kappa shape index (κ2) is 7.30. The van der Waals surface area contributed by atoms with Crippen LogP contribution in [0.15, 0.2) is 23.0 Å². The van der Waals surface area contributed by atoms with E-state index in [-0.39, 0.29) is 46.7 Å². The van der Waals surface area contributed by atoms with Crippen molar-refractivity contribution in [2.45, 2.75) is 24.9 Å². The number of fused-ring (bicyclic) bond motifs is 2. The van der Waals surface area contributed by atoms with E-state index >= 15 is 0 Å². The minimum absolute atomic E-state index is 0.0143. The molecule has 3 aromatic rings. The van der Waals surface area contributed by atoms with E-state index in [0.29, 0.717) is 33.6 Å². The van der Waals surface area contributed by atoms with E-state index in [1.807, 2.05) is 4.57 Å². The number of anilines is 3. The summed E-state index contributed by atoms with van der Waals surface area (Å²) in [5, 5.41) is 17.2. The van der Waals surface area contributed by atoms with E-state index in [1.165, 1.54) is 0 Å². The topological polar surface area (TPSA) is 161 Å². The predicted molar refractivity (Wildman–Crippen MR) is 125 cm³/mol. The number of nitrogens with two attached hydrogens (primary N) is 2. The first-order valence-electron chi connectivity index (χ1n) is 11.0. The minimum atomic E-state index is -0.337. The van der Waals surface area contributed by atoms with Gasteiger partial charge in [-0.2, -0.15) is 15.2 Å². The summed E-state index contributed by atoms with van der Waals surface area (Å²) in [5.41, 5.74) is 12.3. The maximum absolute atomic E-state index is 13.8. The number of nitrogens with one attached hydrogen (secondary N) is 2. The molecule has 4 atom stereocenters. The maximum Gasteiger partial charge on any atom is 0.263 e. The predicted octanol–water partition coefficient (Wildman–Crippen LogP) is 1.83.